The maximum Gasteiger partial charge on any atom is 0.244 e. The molecule has 0 saturated heterocycles. The molecule has 1 aromatic heterocycles. The van der Waals surface area contributed by atoms with Gasteiger partial charge in [0.25, 0.3) is 0 Å². The van der Waals surface area contributed by atoms with E-state index in [1.807, 2.05) is 6.92 Å². The lowest BCUT2D eigenvalue weighted by molar-refractivity contribution is 0.192. The summed E-state index contributed by atoms with van der Waals surface area (Å²) in [5.74, 6) is 0.409. The van der Waals surface area contributed by atoms with Crippen LogP contribution in [0.15, 0.2) is 23.2 Å². The summed E-state index contributed by atoms with van der Waals surface area (Å²) < 4.78 is 32.2. The van der Waals surface area contributed by atoms with Gasteiger partial charge < -0.3 is 10.1 Å². The van der Waals surface area contributed by atoms with Gasteiger partial charge in [0.15, 0.2) is 0 Å². The van der Waals surface area contributed by atoms with Crippen LogP contribution in [-0.4, -0.2) is 40.2 Å². The Balaban J connectivity index is 2.57. The minimum absolute atomic E-state index is 0.204. The van der Waals surface area contributed by atoms with Crippen molar-refractivity contribution < 1.29 is 13.2 Å². The number of methoxy groups -OCH3 is 1. The lowest BCUT2D eigenvalue weighted by Gasteiger charge is -2.11. The average Bonchev–Trinajstić information content (AvgIpc) is 2.49. The number of rotatable bonds is 11. The van der Waals surface area contributed by atoms with Crippen molar-refractivity contribution in [1.29, 1.82) is 0 Å². The molecule has 0 aliphatic rings. The molecule has 7 heteroatoms. The largest absolute Gasteiger partial charge is 0.385 e. The zero-order valence-electron chi connectivity index (χ0n) is 12.8. The number of sulfonamides is 1. The third-order valence-electron chi connectivity index (χ3n) is 2.92. The van der Waals surface area contributed by atoms with Crippen LogP contribution in [0, 0.1) is 0 Å². The maximum absolute atomic E-state index is 12.3. The number of hydrogen-bond donors (Lipinski definition) is 2. The normalized spacial score (nSPS) is 11.5. The van der Waals surface area contributed by atoms with Crippen molar-refractivity contribution in [2.45, 2.75) is 37.5 Å². The molecule has 1 heterocycles. The molecule has 0 amide bonds. The van der Waals surface area contributed by atoms with Crippen molar-refractivity contribution in [1.82, 2.24) is 9.71 Å². The second-order valence-corrected chi connectivity index (χ2v) is 6.46. The first-order chi connectivity index (χ1) is 10.1. The predicted octanol–water partition coefficient (Wildman–Crippen LogP) is 2.00. The van der Waals surface area contributed by atoms with E-state index in [-0.39, 0.29) is 4.90 Å². The van der Waals surface area contributed by atoms with Gasteiger partial charge in [0.05, 0.1) is 0 Å². The van der Waals surface area contributed by atoms with Crippen LogP contribution in [0.5, 0.6) is 0 Å². The second-order valence-electron chi connectivity index (χ2n) is 4.73. The van der Waals surface area contributed by atoms with Crippen LogP contribution >= 0.6 is 0 Å². The highest BCUT2D eigenvalue weighted by Crippen LogP contribution is 2.17. The lowest BCUT2D eigenvalue weighted by Crippen LogP contribution is -2.26. The van der Waals surface area contributed by atoms with Crippen LogP contribution in [-0.2, 0) is 14.8 Å². The van der Waals surface area contributed by atoms with E-state index in [4.69, 9.17) is 4.74 Å². The van der Waals surface area contributed by atoms with E-state index in [2.05, 4.69) is 15.0 Å². The molecular weight excluding hydrogens is 290 g/mol. The van der Waals surface area contributed by atoms with Gasteiger partial charge in [-0.15, -0.1) is 0 Å². The quantitative estimate of drug-likeness (QED) is 0.611. The van der Waals surface area contributed by atoms with E-state index in [9.17, 15) is 8.42 Å². The van der Waals surface area contributed by atoms with Gasteiger partial charge in [-0.3, -0.25) is 0 Å². The molecule has 1 aromatic rings. The number of nitrogens with zero attached hydrogens (tertiary/aromatic N) is 1. The molecule has 0 spiro atoms. The van der Waals surface area contributed by atoms with Gasteiger partial charge in [0.1, 0.15) is 10.7 Å². The molecule has 0 saturated carbocycles. The third kappa shape index (κ3) is 6.41. The van der Waals surface area contributed by atoms with E-state index in [1.54, 1.807) is 25.4 Å². The molecule has 0 aliphatic heterocycles. The van der Waals surface area contributed by atoms with Crippen LogP contribution in [0.3, 0.4) is 0 Å². The number of anilines is 1. The van der Waals surface area contributed by atoms with Crippen molar-refractivity contribution in [3.05, 3.63) is 18.3 Å². The first-order valence-corrected chi connectivity index (χ1v) is 8.77. The molecule has 6 nitrogen and oxygen atoms in total. The topological polar surface area (TPSA) is 80.3 Å². The Morgan fingerprint density at radius 3 is 2.76 bits per heavy atom. The molecule has 2 N–H and O–H groups in total. The van der Waals surface area contributed by atoms with Crippen LogP contribution in [0.4, 0.5) is 5.82 Å². The van der Waals surface area contributed by atoms with Gasteiger partial charge >= 0.3 is 0 Å². The van der Waals surface area contributed by atoms with E-state index < -0.39 is 10.0 Å². The Kier molecular flexibility index (Phi) is 8.26. The summed E-state index contributed by atoms with van der Waals surface area (Å²) in [6.45, 7) is 3.84. The van der Waals surface area contributed by atoms with Crippen LogP contribution in [0.2, 0.25) is 0 Å². The second kappa shape index (κ2) is 9.70. The van der Waals surface area contributed by atoms with E-state index in [0.29, 0.717) is 25.5 Å². The predicted molar refractivity (Wildman–Crippen MR) is 83.9 cm³/mol. The summed E-state index contributed by atoms with van der Waals surface area (Å²) in [6, 6.07) is 3.20. The Hall–Kier alpha value is -1.18. The molecule has 0 aliphatic carbocycles. The molecule has 21 heavy (non-hydrogen) atoms. The molecule has 0 bridgehead atoms. The first kappa shape index (κ1) is 17.9. The van der Waals surface area contributed by atoms with E-state index >= 15 is 0 Å². The Morgan fingerprint density at radius 2 is 2.05 bits per heavy atom. The van der Waals surface area contributed by atoms with Gasteiger partial charge in [-0.2, -0.15) is 0 Å². The Morgan fingerprint density at radius 1 is 1.24 bits per heavy atom. The summed E-state index contributed by atoms with van der Waals surface area (Å²) in [4.78, 5) is 4.31. The van der Waals surface area contributed by atoms with Crippen molar-refractivity contribution in [2.75, 3.05) is 32.1 Å². The highest BCUT2D eigenvalue weighted by molar-refractivity contribution is 7.89. The lowest BCUT2D eigenvalue weighted by atomic mass is 10.2. The standard InChI is InChI=1S/C14H25N3O3S/c1-3-9-15-14-13(8-7-10-16-14)21(18,19)17-11-5-4-6-12-20-2/h7-8,10,17H,3-6,9,11-12H2,1-2H3,(H,15,16). The van der Waals surface area contributed by atoms with E-state index in [1.165, 1.54) is 0 Å². The molecule has 0 aromatic carbocycles. The molecule has 0 unspecified atom stereocenters. The molecule has 120 valence electrons. The van der Waals surface area contributed by atoms with Crippen molar-refractivity contribution in [2.24, 2.45) is 0 Å². The zero-order valence-corrected chi connectivity index (χ0v) is 13.6. The maximum atomic E-state index is 12.3. The molecule has 0 atom stereocenters. The van der Waals surface area contributed by atoms with Gasteiger partial charge in [0, 0.05) is 33.0 Å². The molecule has 1 rings (SSSR count). The van der Waals surface area contributed by atoms with Gasteiger partial charge in [-0.25, -0.2) is 18.1 Å². The third-order valence-corrected chi connectivity index (χ3v) is 4.41. The zero-order chi connectivity index (χ0) is 15.6. The fourth-order valence-electron chi connectivity index (χ4n) is 1.82. The minimum Gasteiger partial charge on any atom is -0.385 e. The van der Waals surface area contributed by atoms with Crippen molar-refractivity contribution >= 4 is 15.8 Å². The molecule has 0 radical (unpaired) electrons. The number of ether oxygens (including phenoxy) is 1. The number of unbranched alkanes of at least 4 members (excludes halogenated alkanes) is 2. The smallest absolute Gasteiger partial charge is 0.244 e. The fraction of sp³-hybridized carbons (Fsp3) is 0.643. The Labute approximate surface area is 127 Å². The van der Waals surface area contributed by atoms with Crippen LogP contribution < -0.4 is 10.0 Å². The number of aromatic nitrogens is 1. The highest BCUT2D eigenvalue weighted by atomic mass is 32.2. The van der Waals surface area contributed by atoms with Gasteiger partial charge in [-0.05, 0) is 37.8 Å². The van der Waals surface area contributed by atoms with Crippen LogP contribution in [0.25, 0.3) is 0 Å². The monoisotopic (exact) mass is 315 g/mol. The van der Waals surface area contributed by atoms with Gasteiger partial charge in [0.2, 0.25) is 10.0 Å². The van der Waals surface area contributed by atoms with Crippen molar-refractivity contribution in [3.63, 3.8) is 0 Å². The summed E-state index contributed by atoms with van der Waals surface area (Å²) in [5.41, 5.74) is 0. The molecular formula is C14H25N3O3S. The summed E-state index contributed by atoms with van der Waals surface area (Å²) in [7, 11) is -1.86. The fourth-order valence-corrected chi connectivity index (χ4v) is 3.02. The number of hydrogen-bond acceptors (Lipinski definition) is 5. The SMILES string of the molecule is CCCNc1ncccc1S(=O)(=O)NCCCCCOC. The van der Waals surface area contributed by atoms with Gasteiger partial charge in [-0.1, -0.05) is 6.92 Å². The summed E-state index contributed by atoms with van der Waals surface area (Å²) in [5, 5.41) is 3.04. The summed E-state index contributed by atoms with van der Waals surface area (Å²) >= 11 is 0. The number of pyridine rings is 1. The van der Waals surface area contributed by atoms with Crippen LogP contribution in [0.1, 0.15) is 32.6 Å². The van der Waals surface area contributed by atoms with E-state index in [0.717, 1.165) is 25.7 Å². The minimum atomic E-state index is -3.52. The molecule has 0 fully saturated rings. The summed E-state index contributed by atoms with van der Waals surface area (Å²) in [6.07, 6.45) is 5.16. The Bertz CT molecular complexity index is 506. The highest BCUT2D eigenvalue weighted by Gasteiger charge is 2.18. The first-order valence-electron chi connectivity index (χ1n) is 7.29. The number of nitrogens with one attached hydrogen (secondary N) is 2. The average molecular weight is 315 g/mol. The van der Waals surface area contributed by atoms with Crippen molar-refractivity contribution in [3.8, 4) is 0 Å².